The van der Waals surface area contributed by atoms with Crippen molar-refractivity contribution in [2.24, 2.45) is 0 Å². The zero-order valence-corrected chi connectivity index (χ0v) is 19.4. The zero-order valence-electron chi connectivity index (χ0n) is 19.4. The molecule has 1 fully saturated rings. The third kappa shape index (κ3) is 5.35. The molecule has 0 radical (unpaired) electrons. The summed E-state index contributed by atoms with van der Waals surface area (Å²) in [6.45, 7) is 1.16. The number of benzene rings is 2. The molecule has 5 rings (SSSR count). The van der Waals surface area contributed by atoms with Crippen LogP contribution in [0, 0.1) is 0 Å². The Morgan fingerprint density at radius 2 is 1.91 bits per heavy atom. The molecule has 184 valence electrons. The van der Waals surface area contributed by atoms with E-state index in [0.29, 0.717) is 23.8 Å². The molecule has 0 saturated carbocycles. The number of fused-ring (bicyclic) bond motifs is 1. The molecule has 1 aromatic heterocycles. The average molecular weight is 480 g/mol. The highest BCUT2D eigenvalue weighted by atomic mass is 16.7. The molecule has 0 amide bonds. The fourth-order valence-electron chi connectivity index (χ4n) is 4.36. The predicted octanol–water partition coefficient (Wildman–Crippen LogP) is 3.78. The number of hydrogen-bond acceptors (Lipinski definition) is 7. The molecule has 1 saturated heterocycles. The van der Waals surface area contributed by atoms with Gasteiger partial charge in [0.1, 0.15) is 12.7 Å². The van der Waals surface area contributed by atoms with E-state index in [-0.39, 0.29) is 37.7 Å². The molecule has 35 heavy (non-hydrogen) atoms. The van der Waals surface area contributed by atoms with E-state index in [0.717, 1.165) is 30.4 Å². The third-order valence-corrected chi connectivity index (χ3v) is 6.11. The topological polar surface area (TPSA) is 88.4 Å². The van der Waals surface area contributed by atoms with Crippen LogP contribution in [0.5, 0.6) is 17.2 Å². The van der Waals surface area contributed by atoms with Gasteiger partial charge in [-0.15, -0.1) is 0 Å². The first-order valence-electron chi connectivity index (χ1n) is 11.9. The molecule has 2 atom stereocenters. The lowest BCUT2D eigenvalue weighted by molar-refractivity contribution is -0.183. The lowest BCUT2D eigenvalue weighted by Gasteiger charge is -2.30. The van der Waals surface area contributed by atoms with Crippen molar-refractivity contribution in [1.29, 1.82) is 0 Å². The molecule has 2 aliphatic heterocycles. The van der Waals surface area contributed by atoms with Gasteiger partial charge in [-0.05, 0) is 42.5 Å². The number of pyridine rings is 1. The van der Waals surface area contributed by atoms with Gasteiger partial charge < -0.3 is 33.4 Å². The van der Waals surface area contributed by atoms with E-state index in [4.69, 9.17) is 23.7 Å². The van der Waals surface area contributed by atoms with Crippen LogP contribution in [0.4, 0.5) is 0 Å². The fourth-order valence-corrected chi connectivity index (χ4v) is 4.36. The maximum atomic E-state index is 13.1. The molecular weight excluding hydrogens is 450 g/mol. The number of aliphatic hydroxyl groups is 1. The first-order chi connectivity index (χ1) is 17.2. The van der Waals surface area contributed by atoms with Gasteiger partial charge in [-0.1, -0.05) is 36.4 Å². The van der Waals surface area contributed by atoms with Gasteiger partial charge in [-0.3, -0.25) is 4.79 Å². The molecule has 0 spiro atoms. The number of aromatic nitrogens is 1. The maximum Gasteiger partial charge on any atom is 0.231 e. The quantitative estimate of drug-likeness (QED) is 0.500. The van der Waals surface area contributed by atoms with Crippen LogP contribution in [0.15, 0.2) is 65.6 Å². The van der Waals surface area contributed by atoms with Crippen LogP contribution in [0.3, 0.4) is 0 Å². The lowest BCUT2D eigenvalue weighted by atomic mass is 10.0. The van der Waals surface area contributed by atoms with Gasteiger partial charge in [0.15, 0.2) is 23.5 Å². The predicted molar refractivity (Wildman–Crippen MR) is 128 cm³/mol. The molecule has 3 heterocycles. The van der Waals surface area contributed by atoms with Crippen LogP contribution >= 0.6 is 0 Å². The smallest absolute Gasteiger partial charge is 0.231 e. The molecule has 1 N–H and O–H groups in total. The Labute approximate surface area is 203 Å². The Balaban J connectivity index is 1.58. The Bertz CT molecular complexity index is 1190. The van der Waals surface area contributed by atoms with Gasteiger partial charge in [0.2, 0.25) is 12.2 Å². The van der Waals surface area contributed by atoms with Crippen molar-refractivity contribution in [3.63, 3.8) is 0 Å². The highest BCUT2D eigenvalue weighted by Crippen LogP contribution is 2.39. The van der Waals surface area contributed by atoms with Crippen molar-refractivity contribution < 1.29 is 28.8 Å². The van der Waals surface area contributed by atoms with Crippen molar-refractivity contribution in [3.05, 3.63) is 87.8 Å². The lowest BCUT2D eigenvalue weighted by Crippen LogP contribution is -2.28. The molecule has 2 aliphatic rings. The molecule has 8 nitrogen and oxygen atoms in total. The van der Waals surface area contributed by atoms with Gasteiger partial charge in [0.05, 0.1) is 12.3 Å². The first kappa shape index (κ1) is 23.4. The number of aliphatic hydroxyl groups excluding tert-OH is 1. The fraction of sp³-hybridized carbons (Fsp3) is 0.370. The zero-order chi connectivity index (χ0) is 24.0. The van der Waals surface area contributed by atoms with Crippen molar-refractivity contribution in [3.8, 4) is 17.2 Å². The van der Waals surface area contributed by atoms with E-state index in [1.807, 2.05) is 48.5 Å². The summed E-state index contributed by atoms with van der Waals surface area (Å²) in [7, 11) is 0. The second-order valence-corrected chi connectivity index (χ2v) is 8.51. The molecule has 2 aromatic carbocycles. The van der Waals surface area contributed by atoms with Gasteiger partial charge in [-0.25, -0.2) is 0 Å². The SMILES string of the molecule is O=c1ccn(CCO)c(C(OC2CCCCO2)c2ccc3c(c2)OCO3)c1OCc1ccccc1. The second kappa shape index (κ2) is 10.9. The van der Waals surface area contributed by atoms with E-state index < -0.39 is 12.4 Å². The van der Waals surface area contributed by atoms with E-state index in [2.05, 4.69) is 0 Å². The summed E-state index contributed by atoms with van der Waals surface area (Å²) in [5.74, 6) is 1.45. The van der Waals surface area contributed by atoms with E-state index in [9.17, 15) is 9.90 Å². The van der Waals surface area contributed by atoms with Gasteiger partial charge >= 0.3 is 0 Å². The number of rotatable bonds is 9. The molecule has 2 unspecified atom stereocenters. The minimum Gasteiger partial charge on any atom is -0.483 e. The summed E-state index contributed by atoms with van der Waals surface area (Å²) in [6.07, 6.45) is 3.26. The number of nitrogens with zero attached hydrogens (tertiary/aromatic N) is 1. The van der Waals surface area contributed by atoms with Crippen LogP contribution in [0.1, 0.15) is 42.2 Å². The van der Waals surface area contributed by atoms with Crippen LogP contribution in [-0.2, 0) is 22.6 Å². The van der Waals surface area contributed by atoms with Crippen molar-refractivity contribution in [2.45, 2.75) is 44.8 Å². The number of hydrogen-bond donors (Lipinski definition) is 1. The largest absolute Gasteiger partial charge is 0.483 e. The Morgan fingerprint density at radius 1 is 1.06 bits per heavy atom. The second-order valence-electron chi connectivity index (χ2n) is 8.51. The molecular formula is C27H29NO7. The minimum atomic E-state index is -0.696. The summed E-state index contributed by atoms with van der Waals surface area (Å²) in [5, 5.41) is 9.77. The normalized spacial score (nSPS) is 17.8. The molecule has 0 bridgehead atoms. The first-order valence-corrected chi connectivity index (χ1v) is 11.9. The minimum absolute atomic E-state index is 0.109. The molecule has 8 heteroatoms. The van der Waals surface area contributed by atoms with Crippen molar-refractivity contribution >= 4 is 0 Å². The van der Waals surface area contributed by atoms with Gasteiger partial charge in [0.25, 0.3) is 0 Å². The van der Waals surface area contributed by atoms with Crippen LogP contribution in [0.25, 0.3) is 0 Å². The Kier molecular flexibility index (Phi) is 7.32. The highest BCUT2D eigenvalue weighted by molar-refractivity contribution is 5.47. The average Bonchev–Trinajstić information content (AvgIpc) is 3.37. The van der Waals surface area contributed by atoms with Crippen molar-refractivity contribution in [2.75, 3.05) is 20.0 Å². The monoisotopic (exact) mass is 479 g/mol. The number of ether oxygens (including phenoxy) is 5. The third-order valence-electron chi connectivity index (χ3n) is 6.11. The summed E-state index contributed by atoms with van der Waals surface area (Å²) in [5.41, 5.74) is 1.97. The van der Waals surface area contributed by atoms with Crippen molar-refractivity contribution in [1.82, 2.24) is 4.57 Å². The summed E-state index contributed by atoms with van der Waals surface area (Å²) < 4.78 is 31.4. The molecule has 3 aromatic rings. The maximum absolute atomic E-state index is 13.1. The van der Waals surface area contributed by atoms with Crippen LogP contribution in [-0.4, -0.2) is 36.0 Å². The van der Waals surface area contributed by atoms with Gasteiger partial charge in [-0.2, -0.15) is 0 Å². The summed E-state index contributed by atoms with van der Waals surface area (Å²) in [6, 6.07) is 16.7. The van der Waals surface area contributed by atoms with Gasteiger partial charge in [0, 0.05) is 25.4 Å². The Morgan fingerprint density at radius 3 is 2.71 bits per heavy atom. The van der Waals surface area contributed by atoms with E-state index in [1.54, 1.807) is 10.8 Å². The van der Waals surface area contributed by atoms with E-state index in [1.165, 1.54) is 6.07 Å². The summed E-state index contributed by atoms with van der Waals surface area (Å²) >= 11 is 0. The summed E-state index contributed by atoms with van der Waals surface area (Å²) in [4.78, 5) is 13.1. The van der Waals surface area contributed by atoms with E-state index >= 15 is 0 Å². The Hall–Kier alpha value is -3.33. The van der Waals surface area contributed by atoms with Crippen LogP contribution < -0.4 is 19.6 Å². The highest BCUT2D eigenvalue weighted by Gasteiger charge is 2.30. The molecule has 0 aliphatic carbocycles. The van der Waals surface area contributed by atoms with Crippen LogP contribution in [0.2, 0.25) is 0 Å². The standard InChI is InChI=1S/C27H29NO7/c29-14-13-28-12-11-21(30)27(32-17-19-6-2-1-3-7-19)25(28)26(35-24-8-4-5-15-31-24)20-9-10-22-23(16-20)34-18-33-22/h1-3,6-7,9-12,16,24,26,29H,4-5,8,13-15,17-18H2.